The third kappa shape index (κ3) is 4.18. The minimum Gasteiger partial charge on any atom is -0.487 e. The van der Waals surface area contributed by atoms with Crippen LogP contribution in [0.4, 0.5) is 8.78 Å². The lowest BCUT2D eigenvalue weighted by molar-refractivity contribution is -0.142. The van der Waals surface area contributed by atoms with Crippen LogP contribution in [0, 0.1) is 17.6 Å². The Morgan fingerprint density at radius 3 is 2.39 bits per heavy atom. The van der Waals surface area contributed by atoms with Crippen LogP contribution in [0.15, 0.2) is 12.1 Å². The Hall–Kier alpha value is -2.18. The number of benzene rings is 1. The van der Waals surface area contributed by atoms with Gasteiger partial charge >= 0.3 is 11.9 Å². The van der Waals surface area contributed by atoms with Crippen molar-refractivity contribution in [2.75, 3.05) is 7.11 Å². The van der Waals surface area contributed by atoms with Gasteiger partial charge in [0, 0.05) is 6.42 Å². The largest absolute Gasteiger partial charge is 0.487 e. The molecule has 23 heavy (non-hydrogen) atoms. The monoisotopic (exact) mass is 328 g/mol. The summed E-state index contributed by atoms with van der Waals surface area (Å²) in [5, 5.41) is 8.74. The van der Waals surface area contributed by atoms with Crippen LogP contribution in [0.2, 0.25) is 0 Å². The first-order valence-corrected chi connectivity index (χ1v) is 7.37. The summed E-state index contributed by atoms with van der Waals surface area (Å²) in [6.07, 6.45) is 2.76. The zero-order chi connectivity index (χ0) is 17.0. The second kappa shape index (κ2) is 7.39. The Morgan fingerprint density at radius 1 is 1.17 bits per heavy atom. The molecule has 7 heteroatoms. The summed E-state index contributed by atoms with van der Waals surface area (Å²) in [5.41, 5.74) is -0.725. The van der Waals surface area contributed by atoms with Crippen molar-refractivity contribution in [3.8, 4) is 5.75 Å². The fourth-order valence-electron chi connectivity index (χ4n) is 2.74. The molecule has 0 aromatic heterocycles. The summed E-state index contributed by atoms with van der Waals surface area (Å²) in [5.74, 6) is -4.58. The van der Waals surface area contributed by atoms with E-state index >= 15 is 0 Å². The number of aromatic carboxylic acids is 1. The highest BCUT2D eigenvalue weighted by Gasteiger charge is 2.26. The van der Waals surface area contributed by atoms with Crippen LogP contribution in [-0.4, -0.2) is 30.3 Å². The molecule has 0 heterocycles. The number of hydrogen-bond acceptors (Lipinski definition) is 4. The highest BCUT2D eigenvalue weighted by atomic mass is 19.2. The van der Waals surface area contributed by atoms with Gasteiger partial charge in [-0.15, -0.1) is 0 Å². The lowest BCUT2D eigenvalue weighted by Crippen LogP contribution is -2.26. The van der Waals surface area contributed by atoms with Crippen molar-refractivity contribution in [2.24, 2.45) is 5.92 Å². The molecule has 0 bridgehead atoms. The second-order valence-electron chi connectivity index (χ2n) is 5.59. The molecule has 0 spiro atoms. The maximum absolute atomic E-state index is 13.8. The van der Waals surface area contributed by atoms with Crippen LogP contribution in [0.25, 0.3) is 0 Å². The van der Waals surface area contributed by atoms with Gasteiger partial charge in [0.15, 0.2) is 11.6 Å². The molecule has 2 rings (SSSR count). The quantitative estimate of drug-likeness (QED) is 0.841. The van der Waals surface area contributed by atoms with Crippen LogP contribution >= 0.6 is 0 Å². The first-order chi connectivity index (χ1) is 10.9. The Kier molecular flexibility index (Phi) is 5.52. The predicted molar refractivity (Wildman–Crippen MR) is 76.3 cm³/mol. The third-order valence-electron chi connectivity index (χ3n) is 4.05. The first kappa shape index (κ1) is 17.2. The van der Waals surface area contributed by atoms with Crippen molar-refractivity contribution >= 4 is 11.9 Å². The van der Waals surface area contributed by atoms with E-state index in [4.69, 9.17) is 9.84 Å². The number of carbonyl (C=O) groups is 2. The number of hydrogen-bond donors (Lipinski definition) is 1. The number of carbonyl (C=O) groups excluding carboxylic acids is 1. The highest BCUT2D eigenvalue weighted by Crippen LogP contribution is 2.31. The SMILES string of the molecule is COC(=O)C[C@H]1CC[C@@H](Oc2ccc(C(=O)O)c(F)c2F)CC1. The molecular weight excluding hydrogens is 310 g/mol. The molecule has 1 saturated carbocycles. The van der Waals surface area contributed by atoms with E-state index in [1.807, 2.05) is 0 Å². The van der Waals surface area contributed by atoms with Crippen LogP contribution in [0.5, 0.6) is 5.75 Å². The molecule has 0 amide bonds. The molecule has 126 valence electrons. The van der Waals surface area contributed by atoms with Gasteiger partial charge in [-0.25, -0.2) is 9.18 Å². The summed E-state index contributed by atoms with van der Waals surface area (Å²) >= 11 is 0. The van der Waals surface area contributed by atoms with Gasteiger partial charge in [-0.1, -0.05) is 0 Å². The molecule has 0 aliphatic heterocycles. The van der Waals surface area contributed by atoms with E-state index in [0.717, 1.165) is 25.0 Å². The van der Waals surface area contributed by atoms with Gasteiger partial charge in [0.1, 0.15) is 0 Å². The molecule has 5 nitrogen and oxygen atoms in total. The van der Waals surface area contributed by atoms with Crippen molar-refractivity contribution in [1.29, 1.82) is 0 Å². The van der Waals surface area contributed by atoms with E-state index in [1.54, 1.807) is 0 Å². The van der Waals surface area contributed by atoms with Gasteiger partial charge in [0.2, 0.25) is 5.82 Å². The van der Waals surface area contributed by atoms with Gasteiger partial charge < -0.3 is 14.6 Å². The minimum atomic E-state index is -1.53. The van der Waals surface area contributed by atoms with Crippen molar-refractivity contribution in [1.82, 2.24) is 0 Å². The summed E-state index contributed by atoms with van der Waals surface area (Å²) in [6.45, 7) is 0. The molecular formula is C16H18F2O5. The third-order valence-corrected chi connectivity index (χ3v) is 4.05. The number of carboxylic acids is 1. The van der Waals surface area contributed by atoms with Crippen molar-refractivity contribution in [2.45, 2.75) is 38.2 Å². The Bertz CT molecular complexity index is 594. The van der Waals surface area contributed by atoms with Gasteiger partial charge in [0.05, 0.1) is 18.8 Å². The average Bonchev–Trinajstić information content (AvgIpc) is 2.53. The van der Waals surface area contributed by atoms with Crippen LogP contribution in [0.1, 0.15) is 42.5 Å². The Balaban J connectivity index is 1.95. The smallest absolute Gasteiger partial charge is 0.338 e. The van der Waals surface area contributed by atoms with E-state index in [2.05, 4.69) is 4.74 Å². The topological polar surface area (TPSA) is 72.8 Å². The van der Waals surface area contributed by atoms with Crippen LogP contribution in [0.3, 0.4) is 0 Å². The van der Waals surface area contributed by atoms with E-state index in [1.165, 1.54) is 7.11 Å². The molecule has 1 fully saturated rings. The van der Waals surface area contributed by atoms with Crippen molar-refractivity contribution in [3.63, 3.8) is 0 Å². The number of ether oxygens (including phenoxy) is 2. The molecule has 0 unspecified atom stereocenters. The maximum atomic E-state index is 13.8. The van der Waals surface area contributed by atoms with E-state index < -0.39 is 23.2 Å². The first-order valence-electron chi connectivity index (χ1n) is 7.37. The number of esters is 1. The van der Waals surface area contributed by atoms with Crippen LogP contribution in [-0.2, 0) is 9.53 Å². The predicted octanol–water partition coefficient (Wildman–Crippen LogP) is 3.16. The van der Waals surface area contributed by atoms with Gasteiger partial charge in [-0.3, -0.25) is 4.79 Å². The summed E-state index contributed by atoms with van der Waals surface area (Å²) in [6, 6.07) is 2.11. The molecule has 1 aliphatic rings. The standard InChI is InChI=1S/C16H18F2O5/c1-22-13(19)8-9-2-4-10(5-3-9)23-12-7-6-11(16(20)21)14(17)15(12)18/h6-7,9-10H,2-5,8H2,1H3,(H,20,21)/t9-,10+. The van der Waals surface area contributed by atoms with Gasteiger partial charge in [-0.05, 0) is 43.7 Å². The van der Waals surface area contributed by atoms with Crippen molar-refractivity contribution < 1.29 is 33.0 Å². The van der Waals surface area contributed by atoms with E-state index in [0.29, 0.717) is 19.3 Å². The normalized spacial score (nSPS) is 20.8. The zero-order valence-corrected chi connectivity index (χ0v) is 12.7. The number of rotatable bonds is 5. The van der Waals surface area contributed by atoms with Gasteiger partial charge in [-0.2, -0.15) is 4.39 Å². The molecule has 1 aromatic carbocycles. The second-order valence-corrected chi connectivity index (χ2v) is 5.59. The Labute approximate surface area is 132 Å². The van der Waals surface area contributed by atoms with Crippen LogP contribution < -0.4 is 4.74 Å². The minimum absolute atomic E-state index is 0.207. The lowest BCUT2D eigenvalue weighted by atomic mass is 9.85. The molecule has 0 radical (unpaired) electrons. The number of carboxylic acid groups (broad SMARTS) is 1. The molecule has 0 atom stereocenters. The molecule has 0 saturated heterocycles. The summed E-state index contributed by atoms with van der Waals surface area (Å²) < 4.78 is 37.6. The van der Waals surface area contributed by atoms with Gasteiger partial charge in [0.25, 0.3) is 0 Å². The maximum Gasteiger partial charge on any atom is 0.338 e. The van der Waals surface area contributed by atoms with Crippen molar-refractivity contribution in [3.05, 3.63) is 29.3 Å². The highest BCUT2D eigenvalue weighted by molar-refractivity contribution is 5.88. The van der Waals surface area contributed by atoms with E-state index in [-0.39, 0.29) is 23.7 Å². The number of methoxy groups -OCH3 is 1. The summed E-state index contributed by atoms with van der Waals surface area (Å²) in [7, 11) is 1.34. The number of halogens is 2. The van der Waals surface area contributed by atoms with E-state index in [9.17, 15) is 18.4 Å². The molecule has 1 aromatic rings. The fraction of sp³-hybridized carbons (Fsp3) is 0.500. The Morgan fingerprint density at radius 2 is 1.83 bits per heavy atom. The summed E-state index contributed by atoms with van der Waals surface area (Å²) in [4.78, 5) is 22.0. The molecule has 1 N–H and O–H groups in total. The zero-order valence-electron chi connectivity index (χ0n) is 12.7. The molecule has 1 aliphatic carbocycles. The average molecular weight is 328 g/mol. The lowest BCUT2D eigenvalue weighted by Gasteiger charge is -2.28. The fourth-order valence-corrected chi connectivity index (χ4v) is 2.74.